The Bertz CT molecular complexity index is 366. The van der Waals surface area contributed by atoms with E-state index in [0.717, 1.165) is 5.75 Å². The summed E-state index contributed by atoms with van der Waals surface area (Å²) in [5.74, 6) is 1.48. The molecule has 16 heavy (non-hydrogen) atoms. The Kier molecular flexibility index (Phi) is 3.08. The van der Waals surface area contributed by atoms with Gasteiger partial charge in [0.2, 0.25) is 0 Å². The number of pyridine rings is 1. The zero-order valence-corrected chi connectivity index (χ0v) is 10.7. The van der Waals surface area contributed by atoms with Gasteiger partial charge in [-0.1, -0.05) is 18.5 Å². The van der Waals surface area contributed by atoms with Crippen LogP contribution in [0.1, 0.15) is 13.3 Å². The van der Waals surface area contributed by atoms with Gasteiger partial charge in [-0.2, -0.15) is 0 Å². The van der Waals surface area contributed by atoms with Gasteiger partial charge in [0.05, 0.1) is 11.7 Å². The Balaban J connectivity index is 1.95. The lowest BCUT2D eigenvalue weighted by Gasteiger charge is -2.25. The van der Waals surface area contributed by atoms with E-state index in [1.165, 1.54) is 6.42 Å². The lowest BCUT2D eigenvalue weighted by atomic mass is 10.2. The fourth-order valence-electron chi connectivity index (χ4n) is 2.08. The van der Waals surface area contributed by atoms with Crippen LogP contribution in [0, 0.1) is 5.92 Å². The van der Waals surface area contributed by atoms with Crippen LogP contribution >= 0.6 is 11.6 Å². The SMILES string of the molecule is CC1CC1(COc1ccc(Cl)nc1)N(C)C. The van der Waals surface area contributed by atoms with Crippen LogP contribution in [0.2, 0.25) is 5.15 Å². The summed E-state index contributed by atoms with van der Waals surface area (Å²) in [6.07, 6.45) is 2.86. The molecule has 0 radical (unpaired) electrons. The standard InChI is InChI=1S/C12H17ClN2O/c1-9-6-12(9,15(2)3)8-16-10-4-5-11(13)14-7-10/h4-5,7,9H,6,8H2,1-3H3. The summed E-state index contributed by atoms with van der Waals surface area (Å²) < 4.78 is 5.76. The van der Waals surface area contributed by atoms with Gasteiger partial charge in [-0.05, 0) is 38.6 Å². The first-order chi connectivity index (χ1) is 7.54. The predicted molar refractivity (Wildman–Crippen MR) is 64.9 cm³/mol. The Hall–Kier alpha value is -0.800. The van der Waals surface area contributed by atoms with Crippen molar-refractivity contribution in [2.24, 2.45) is 5.92 Å². The van der Waals surface area contributed by atoms with E-state index >= 15 is 0 Å². The average Bonchev–Trinajstić information content (AvgIpc) is 2.90. The summed E-state index contributed by atoms with van der Waals surface area (Å²) >= 11 is 5.71. The molecule has 1 aliphatic rings. The molecular formula is C12H17ClN2O. The Morgan fingerprint density at radius 3 is 2.69 bits per heavy atom. The van der Waals surface area contributed by atoms with E-state index < -0.39 is 0 Å². The van der Waals surface area contributed by atoms with E-state index in [0.29, 0.717) is 17.7 Å². The zero-order valence-electron chi connectivity index (χ0n) is 9.90. The topological polar surface area (TPSA) is 25.4 Å². The fourth-order valence-corrected chi connectivity index (χ4v) is 2.19. The van der Waals surface area contributed by atoms with Gasteiger partial charge in [0.25, 0.3) is 0 Å². The Morgan fingerprint density at radius 2 is 2.25 bits per heavy atom. The van der Waals surface area contributed by atoms with Gasteiger partial charge in [0.15, 0.2) is 0 Å². The van der Waals surface area contributed by atoms with Crippen molar-refractivity contribution in [3.8, 4) is 5.75 Å². The van der Waals surface area contributed by atoms with E-state index in [2.05, 4.69) is 30.9 Å². The Morgan fingerprint density at radius 1 is 1.56 bits per heavy atom. The lowest BCUT2D eigenvalue weighted by Crippen LogP contribution is -2.37. The van der Waals surface area contributed by atoms with E-state index in [4.69, 9.17) is 16.3 Å². The van der Waals surface area contributed by atoms with Gasteiger partial charge in [-0.3, -0.25) is 0 Å². The molecule has 88 valence electrons. The maximum Gasteiger partial charge on any atom is 0.137 e. The van der Waals surface area contributed by atoms with Gasteiger partial charge < -0.3 is 9.64 Å². The van der Waals surface area contributed by atoms with Crippen molar-refractivity contribution >= 4 is 11.6 Å². The highest BCUT2D eigenvalue weighted by atomic mass is 35.5. The van der Waals surface area contributed by atoms with Crippen molar-refractivity contribution in [2.75, 3.05) is 20.7 Å². The smallest absolute Gasteiger partial charge is 0.137 e. The molecule has 1 fully saturated rings. The van der Waals surface area contributed by atoms with E-state index in [1.54, 1.807) is 12.3 Å². The predicted octanol–water partition coefficient (Wildman–Crippen LogP) is 2.45. The molecule has 1 heterocycles. The van der Waals surface area contributed by atoms with Crippen molar-refractivity contribution in [2.45, 2.75) is 18.9 Å². The minimum atomic E-state index is 0.208. The molecule has 1 aromatic heterocycles. The quantitative estimate of drug-likeness (QED) is 0.756. The number of hydrogen-bond donors (Lipinski definition) is 0. The van der Waals surface area contributed by atoms with Crippen molar-refractivity contribution in [3.63, 3.8) is 0 Å². The van der Waals surface area contributed by atoms with Crippen molar-refractivity contribution in [3.05, 3.63) is 23.5 Å². The third-order valence-corrected chi connectivity index (χ3v) is 3.72. The van der Waals surface area contributed by atoms with Crippen molar-refractivity contribution in [1.29, 1.82) is 0 Å². The summed E-state index contributed by atoms with van der Waals surface area (Å²) in [7, 11) is 4.21. The minimum absolute atomic E-state index is 0.208. The normalized spacial score (nSPS) is 28.2. The first-order valence-electron chi connectivity index (χ1n) is 5.46. The molecular weight excluding hydrogens is 224 g/mol. The van der Waals surface area contributed by atoms with E-state index in [1.807, 2.05) is 6.07 Å². The van der Waals surface area contributed by atoms with Crippen LogP contribution in [0.4, 0.5) is 0 Å². The molecule has 0 amide bonds. The highest BCUT2D eigenvalue weighted by Gasteiger charge is 2.53. The molecule has 1 aromatic rings. The molecule has 2 atom stereocenters. The minimum Gasteiger partial charge on any atom is -0.490 e. The third kappa shape index (κ3) is 2.15. The van der Waals surface area contributed by atoms with Gasteiger partial charge in [-0.25, -0.2) is 4.98 Å². The number of hydrogen-bond acceptors (Lipinski definition) is 3. The third-order valence-electron chi connectivity index (χ3n) is 3.50. The monoisotopic (exact) mass is 240 g/mol. The largest absolute Gasteiger partial charge is 0.490 e. The van der Waals surface area contributed by atoms with Crippen LogP contribution in [0.5, 0.6) is 5.75 Å². The molecule has 1 saturated carbocycles. The molecule has 2 rings (SSSR count). The lowest BCUT2D eigenvalue weighted by molar-refractivity contribution is 0.155. The van der Waals surface area contributed by atoms with Crippen LogP contribution in [-0.4, -0.2) is 36.1 Å². The molecule has 0 bridgehead atoms. The summed E-state index contributed by atoms with van der Waals surface area (Å²) in [4.78, 5) is 6.24. The number of nitrogens with zero attached hydrogens (tertiary/aromatic N) is 2. The summed E-state index contributed by atoms with van der Waals surface area (Å²) in [6.45, 7) is 2.97. The number of rotatable bonds is 4. The molecule has 0 saturated heterocycles. The number of ether oxygens (including phenoxy) is 1. The first kappa shape index (κ1) is 11.7. The number of likely N-dealkylation sites (N-methyl/N-ethyl adjacent to an activating group) is 1. The molecule has 4 heteroatoms. The highest BCUT2D eigenvalue weighted by Crippen LogP contribution is 2.47. The van der Waals surface area contributed by atoms with Crippen LogP contribution in [0.3, 0.4) is 0 Å². The molecule has 3 nitrogen and oxygen atoms in total. The van der Waals surface area contributed by atoms with Crippen molar-refractivity contribution < 1.29 is 4.74 Å². The van der Waals surface area contributed by atoms with Gasteiger partial charge in [0.1, 0.15) is 17.5 Å². The second-order valence-corrected chi connectivity index (χ2v) is 5.10. The van der Waals surface area contributed by atoms with Crippen LogP contribution in [-0.2, 0) is 0 Å². The molecule has 0 aliphatic heterocycles. The average molecular weight is 241 g/mol. The molecule has 0 N–H and O–H groups in total. The number of halogens is 1. The van der Waals surface area contributed by atoms with Crippen molar-refractivity contribution in [1.82, 2.24) is 9.88 Å². The van der Waals surface area contributed by atoms with Crippen LogP contribution in [0.25, 0.3) is 0 Å². The Labute approximate surface area is 101 Å². The first-order valence-corrected chi connectivity index (χ1v) is 5.84. The summed E-state index contributed by atoms with van der Waals surface area (Å²) in [5.41, 5.74) is 0.208. The molecule has 0 aromatic carbocycles. The van der Waals surface area contributed by atoms with Gasteiger partial charge in [-0.15, -0.1) is 0 Å². The van der Waals surface area contributed by atoms with Crippen LogP contribution < -0.4 is 4.74 Å². The number of aromatic nitrogens is 1. The summed E-state index contributed by atoms with van der Waals surface area (Å²) in [6, 6.07) is 3.60. The maximum atomic E-state index is 5.76. The van der Waals surface area contributed by atoms with E-state index in [-0.39, 0.29) is 5.54 Å². The van der Waals surface area contributed by atoms with Gasteiger partial charge in [0, 0.05) is 0 Å². The van der Waals surface area contributed by atoms with E-state index in [9.17, 15) is 0 Å². The van der Waals surface area contributed by atoms with Crippen LogP contribution in [0.15, 0.2) is 18.3 Å². The molecule has 0 spiro atoms. The molecule has 2 unspecified atom stereocenters. The zero-order chi connectivity index (χ0) is 11.8. The summed E-state index contributed by atoms with van der Waals surface area (Å²) in [5, 5.41) is 0.495. The second kappa shape index (κ2) is 4.22. The highest BCUT2D eigenvalue weighted by molar-refractivity contribution is 6.29. The maximum absolute atomic E-state index is 5.76. The van der Waals surface area contributed by atoms with Gasteiger partial charge >= 0.3 is 0 Å². The second-order valence-electron chi connectivity index (χ2n) is 4.71. The molecule has 1 aliphatic carbocycles. The fraction of sp³-hybridized carbons (Fsp3) is 0.583.